The number of carbonyl (C=O) groups is 1. The van der Waals surface area contributed by atoms with Gasteiger partial charge in [-0.25, -0.2) is 0 Å². The van der Waals surface area contributed by atoms with Gasteiger partial charge in [-0.05, 0) is 56.1 Å². The highest BCUT2D eigenvalue weighted by molar-refractivity contribution is 5.94. The molecule has 0 atom stereocenters. The molecule has 1 aromatic rings. The van der Waals surface area contributed by atoms with E-state index in [1.807, 2.05) is 24.3 Å². The Morgan fingerprint density at radius 3 is 2.56 bits per heavy atom. The molecule has 2 rings (SSSR count). The second-order valence-electron chi connectivity index (χ2n) is 4.73. The Hall–Kier alpha value is -1.55. The van der Waals surface area contributed by atoms with E-state index in [0.29, 0.717) is 5.56 Å². The van der Waals surface area contributed by atoms with Crippen LogP contribution in [-0.2, 0) is 0 Å². The summed E-state index contributed by atoms with van der Waals surface area (Å²) >= 11 is 0. The number of anilines is 1. The zero-order valence-corrected chi connectivity index (χ0v) is 10.8. The number of carbonyl (C=O) groups excluding carboxylic acids is 1. The van der Waals surface area contributed by atoms with Gasteiger partial charge in [0.05, 0.1) is 0 Å². The van der Waals surface area contributed by atoms with Crippen molar-refractivity contribution >= 4 is 11.6 Å². The molecule has 4 heteroatoms. The first-order valence-electron chi connectivity index (χ1n) is 6.56. The molecule has 0 aromatic heterocycles. The summed E-state index contributed by atoms with van der Waals surface area (Å²) < 4.78 is 0. The summed E-state index contributed by atoms with van der Waals surface area (Å²) in [5.41, 5.74) is 1.78. The van der Waals surface area contributed by atoms with Crippen molar-refractivity contribution in [3.05, 3.63) is 29.8 Å². The van der Waals surface area contributed by atoms with Crippen molar-refractivity contribution in [3.8, 4) is 0 Å². The van der Waals surface area contributed by atoms with Crippen molar-refractivity contribution in [2.45, 2.75) is 12.8 Å². The lowest BCUT2D eigenvalue weighted by atomic mass is 9.98. The van der Waals surface area contributed by atoms with Crippen LogP contribution >= 0.6 is 0 Å². The van der Waals surface area contributed by atoms with E-state index in [9.17, 15) is 4.79 Å². The predicted octanol–water partition coefficient (Wildman–Crippen LogP) is 1.46. The second kappa shape index (κ2) is 6.40. The monoisotopic (exact) mass is 247 g/mol. The average Bonchev–Trinajstić information content (AvgIpc) is 2.46. The molecule has 18 heavy (non-hydrogen) atoms. The van der Waals surface area contributed by atoms with Gasteiger partial charge < -0.3 is 16.0 Å². The van der Waals surface area contributed by atoms with Gasteiger partial charge in [0.2, 0.25) is 0 Å². The second-order valence-corrected chi connectivity index (χ2v) is 4.73. The van der Waals surface area contributed by atoms with Crippen LogP contribution in [0.4, 0.5) is 5.69 Å². The summed E-state index contributed by atoms with van der Waals surface area (Å²) in [5, 5.41) is 9.42. The molecule has 1 fully saturated rings. The molecule has 98 valence electrons. The molecular weight excluding hydrogens is 226 g/mol. The van der Waals surface area contributed by atoms with Crippen LogP contribution in [0.15, 0.2) is 24.3 Å². The Morgan fingerprint density at radius 2 is 1.94 bits per heavy atom. The third-order valence-electron chi connectivity index (χ3n) is 3.43. The molecule has 1 aliphatic rings. The molecule has 1 amide bonds. The first kappa shape index (κ1) is 12.9. The van der Waals surface area contributed by atoms with Crippen molar-refractivity contribution in [1.82, 2.24) is 10.6 Å². The quantitative estimate of drug-likeness (QED) is 0.755. The number of piperidine rings is 1. The molecule has 0 saturated carbocycles. The van der Waals surface area contributed by atoms with Crippen LogP contribution in [0.2, 0.25) is 0 Å². The van der Waals surface area contributed by atoms with Crippen LogP contribution in [0, 0.1) is 5.92 Å². The van der Waals surface area contributed by atoms with Gasteiger partial charge in [-0.3, -0.25) is 4.79 Å². The van der Waals surface area contributed by atoms with Crippen LogP contribution in [0.5, 0.6) is 0 Å². The molecule has 1 aromatic carbocycles. The lowest BCUT2D eigenvalue weighted by Crippen LogP contribution is -2.31. The Bertz CT molecular complexity index is 383. The maximum atomic E-state index is 11.4. The molecule has 0 spiro atoms. The number of rotatable bonds is 4. The van der Waals surface area contributed by atoms with Gasteiger partial charge in [0.1, 0.15) is 0 Å². The molecule has 0 radical (unpaired) electrons. The van der Waals surface area contributed by atoms with Crippen molar-refractivity contribution in [2.24, 2.45) is 5.92 Å². The van der Waals surface area contributed by atoms with Gasteiger partial charge in [0.25, 0.3) is 5.91 Å². The molecule has 1 saturated heterocycles. The van der Waals surface area contributed by atoms with Gasteiger partial charge in [0.15, 0.2) is 0 Å². The third-order valence-corrected chi connectivity index (χ3v) is 3.43. The normalized spacial score (nSPS) is 16.3. The van der Waals surface area contributed by atoms with Crippen molar-refractivity contribution in [1.29, 1.82) is 0 Å². The molecule has 0 unspecified atom stereocenters. The molecule has 0 aliphatic carbocycles. The average molecular weight is 247 g/mol. The van der Waals surface area contributed by atoms with Gasteiger partial charge in [-0.1, -0.05) is 0 Å². The first-order chi connectivity index (χ1) is 8.79. The van der Waals surface area contributed by atoms with Crippen molar-refractivity contribution in [2.75, 3.05) is 32.0 Å². The minimum absolute atomic E-state index is 0.0418. The van der Waals surface area contributed by atoms with Crippen LogP contribution in [0.1, 0.15) is 23.2 Å². The van der Waals surface area contributed by atoms with E-state index in [2.05, 4.69) is 16.0 Å². The summed E-state index contributed by atoms with van der Waals surface area (Å²) in [6.45, 7) is 3.27. The largest absolute Gasteiger partial charge is 0.385 e. The van der Waals surface area contributed by atoms with E-state index < -0.39 is 0 Å². The molecule has 0 bridgehead atoms. The SMILES string of the molecule is CNC(=O)c1ccc(NCC2CCNCC2)cc1. The standard InChI is InChI=1S/C14H21N3O/c1-15-14(18)12-2-4-13(5-3-12)17-10-11-6-8-16-9-7-11/h2-5,11,16-17H,6-10H2,1H3,(H,15,18). The molecule has 4 nitrogen and oxygen atoms in total. The fourth-order valence-electron chi connectivity index (χ4n) is 2.23. The fraction of sp³-hybridized carbons (Fsp3) is 0.500. The number of amides is 1. The number of benzene rings is 1. The number of hydrogen-bond acceptors (Lipinski definition) is 3. The van der Waals surface area contributed by atoms with Crippen LogP contribution in [0.3, 0.4) is 0 Å². The topological polar surface area (TPSA) is 53.2 Å². The van der Waals surface area contributed by atoms with Gasteiger partial charge in [0, 0.05) is 24.8 Å². The molecule has 1 aliphatic heterocycles. The summed E-state index contributed by atoms with van der Waals surface area (Å²) in [5.74, 6) is 0.713. The maximum absolute atomic E-state index is 11.4. The zero-order valence-electron chi connectivity index (χ0n) is 10.8. The summed E-state index contributed by atoms with van der Waals surface area (Å²) in [6.07, 6.45) is 2.48. The fourth-order valence-corrected chi connectivity index (χ4v) is 2.23. The van der Waals surface area contributed by atoms with E-state index in [1.54, 1.807) is 7.05 Å². The van der Waals surface area contributed by atoms with E-state index in [1.165, 1.54) is 12.8 Å². The molecular formula is C14H21N3O. The minimum atomic E-state index is -0.0418. The van der Waals surface area contributed by atoms with Gasteiger partial charge in [-0.15, -0.1) is 0 Å². The van der Waals surface area contributed by atoms with E-state index in [-0.39, 0.29) is 5.91 Å². The Labute approximate surface area is 108 Å². The van der Waals surface area contributed by atoms with Gasteiger partial charge in [-0.2, -0.15) is 0 Å². The summed E-state index contributed by atoms with van der Waals surface area (Å²) in [6, 6.07) is 7.63. The molecule has 3 N–H and O–H groups in total. The summed E-state index contributed by atoms with van der Waals surface area (Å²) in [4.78, 5) is 11.4. The Kier molecular flexibility index (Phi) is 4.59. The smallest absolute Gasteiger partial charge is 0.251 e. The summed E-state index contributed by atoms with van der Waals surface area (Å²) in [7, 11) is 1.64. The minimum Gasteiger partial charge on any atom is -0.385 e. The van der Waals surface area contributed by atoms with Crippen LogP contribution in [-0.4, -0.2) is 32.6 Å². The van der Waals surface area contributed by atoms with E-state index in [4.69, 9.17) is 0 Å². The van der Waals surface area contributed by atoms with Gasteiger partial charge >= 0.3 is 0 Å². The predicted molar refractivity (Wildman–Crippen MR) is 73.9 cm³/mol. The third kappa shape index (κ3) is 3.47. The Morgan fingerprint density at radius 1 is 1.28 bits per heavy atom. The number of nitrogens with one attached hydrogen (secondary N) is 3. The Balaban J connectivity index is 1.84. The van der Waals surface area contributed by atoms with E-state index >= 15 is 0 Å². The maximum Gasteiger partial charge on any atom is 0.251 e. The highest BCUT2D eigenvalue weighted by atomic mass is 16.1. The number of hydrogen-bond donors (Lipinski definition) is 3. The first-order valence-corrected chi connectivity index (χ1v) is 6.56. The highest BCUT2D eigenvalue weighted by Crippen LogP contribution is 2.14. The van der Waals surface area contributed by atoms with Crippen LogP contribution < -0.4 is 16.0 Å². The lowest BCUT2D eigenvalue weighted by Gasteiger charge is -2.23. The van der Waals surface area contributed by atoms with Crippen molar-refractivity contribution < 1.29 is 4.79 Å². The van der Waals surface area contributed by atoms with Crippen LogP contribution in [0.25, 0.3) is 0 Å². The molecule has 1 heterocycles. The lowest BCUT2D eigenvalue weighted by molar-refractivity contribution is 0.0963. The highest BCUT2D eigenvalue weighted by Gasteiger charge is 2.12. The van der Waals surface area contributed by atoms with E-state index in [0.717, 1.165) is 31.2 Å². The van der Waals surface area contributed by atoms with Crippen molar-refractivity contribution in [3.63, 3.8) is 0 Å². The zero-order chi connectivity index (χ0) is 12.8.